The van der Waals surface area contributed by atoms with E-state index >= 15 is 0 Å². The smallest absolute Gasteiger partial charge is 0.314 e. The largest absolute Gasteiger partial charge is 0.469 e. The molecule has 1 aromatic heterocycles. The average molecular weight is 306 g/mol. The lowest BCUT2D eigenvalue weighted by Gasteiger charge is -2.17. The highest BCUT2D eigenvalue weighted by Crippen LogP contribution is 2.19. The Morgan fingerprint density at radius 3 is 2.95 bits per heavy atom. The van der Waals surface area contributed by atoms with E-state index in [2.05, 4.69) is 31.7 Å². The summed E-state index contributed by atoms with van der Waals surface area (Å²) in [6, 6.07) is 3.81. The molecule has 2 amide bonds. The molecule has 7 heteroatoms. The highest BCUT2D eigenvalue weighted by atomic mass is 16.5. The second-order valence-corrected chi connectivity index (χ2v) is 5.10. The number of esters is 1. The molecule has 0 saturated carbocycles. The van der Waals surface area contributed by atoms with E-state index in [1.807, 2.05) is 6.07 Å². The van der Waals surface area contributed by atoms with Crippen molar-refractivity contribution in [1.29, 1.82) is 0 Å². The minimum atomic E-state index is -0.342. The lowest BCUT2D eigenvalue weighted by molar-refractivity contribution is -0.140. The van der Waals surface area contributed by atoms with Crippen LogP contribution in [0.25, 0.3) is 0 Å². The van der Waals surface area contributed by atoms with Crippen LogP contribution in [-0.4, -0.2) is 43.7 Å². The third kappa shape index (κ3) is 4.91. The standard InChI is InChI=1S/C15H22N4O3/c1-22-13(20)7-10-18-15(21)17-9-6-12-5-4-11-3-2-8-16-14(11)19-12/h4-5H,2-3,6-10H2,1H3,(H,16,19)(H2,17,18,21). The van der Waals surface area contributed by atoms with Crippen molar-refractivity contribution in [3.05, 3.63) is 23.4 Å². The number of anilines is 1. The molecule has 0 atom stereocenters. The SMILES string of the molecule is COC(=O)CCNC(=O)NCCc1ccc2c(n1)NCCC2. The Balaban J connectivity index is 1.67. The van der Waals surface area contributed by atoms with Gasteiger partial charge in [-0.25, -0.2) is 9.78 Å². The van der Waals surface area contributed by atoms with Gasteiger partial charge < -0.3 is 20.7 Å². The zero-order chi connectivity index (χ0) is 15.8. The molecule has 2 rings (SSSR count). The van der Waals surface area contributed by atoms with E-state index in [4.69, 9.17) is 0 Å². The summed E-state index contributed by atoms with van der Waals surface area (Å²) in [5, 5.41) is 8.63. The summed E-state index contributed by atoms with van der Waals surface area (Å²) < 4.78 is 4.49. The van der Waals surface area contributed by atoms with Crippen LogP contribution in [0.15, 0.2) is 12.1 Å². The number of aryl methyl sites for hydroxylation is 1. The summed E-state index contributed by atoms with van der Waals surface area (Å²) in [5.41, 5.74) is 2.20. The number of fused-ring (bicyclic) bond motifs is 1. The fourth-order valence-corrected chi connectivity index (χ4v) is 2.25. The molecule has 0 unspecified atom stereocenters. The van der Waals surface area contributed by atoms with Gasteiger partial charge in [0.25, 0.3) is 0 Å². The first-order chi connectivity index (χ1) is 10.7. The van der Waals surface area contributed by atoms with Crippen LogP contribution in [0.4, 0.5) is 10.6 Å². The van der Waals surface area contributed by atoms with Gasteiger partial charge in [-0.1, -0.05) is 6.07 Å². The molecule has 0 aromatic carbocycles. The lowest BCUT2D eigenvalue weighted by atomic mass is 10.1. The van der Waals surface area contributed by atoms with Crippen molar-refractivity contribution in [2.75, 3.05) is 32.1 Å². The zero-order valence-electron chi connectivity index (χ0n) is 12.8. The first kappa shape index (κ1) is 16.1. The number of aromatic nitrogens is 1. The highest BCUT2D eigenvalue weighted by molar-refractivity contribution is 5.75. The molecule has 1 aromatic rings. The van der Waals surface area contributed by atoms with Crippen LogP contribution in [0, 0.1) is 0 Å². The van der Waals surface area contributed by atoms with Crippen LogP contribution in [0.1, 0.15) is 24.1 Å². The molecule has 0 bridgehead atoms. The maximum absolute atomic E-state index is 11.5. The summed E-state index contributed by atoms with van der Waals surface area (Å²) in [5.74, 6) is 0.623. The number of carbonyl (C=O) groups excluding carboxylic acids is 2. The summed E-state index contributed by atoms with van der Waals surface area (Å²) >= 11 is 0. The van der Waals surface area contributed by atoms with Crippen LogP contribution in [-0.2, 0) is 22.4 Å². The van der Waals surface area contributed by atoms with Gasteiger partial charge in [-0.05, 0) is 24.5 Å². The van der Waals surface area contributed by atoms with E-state index in [1.165, 1.54) is 12.7 Å². The molecular formula is C15H22N4O3. The first-order valence-corrected chi connectivity index (χ1v) is 7.50. The summed E-state index contributed by atoms with van der Waals surface area (Å²) in [6.07, 6.45) is 3.04. The fraction of sp³-hybridized carbons (Fsp3) is 0.533. The van der Waals surface area contributed by atoms with E-state index in [9.17, 15) is 9.59 Å². The average Bonchev–Trinajstić information content (AvgIpc) is 2.54. The molecule has 22 heavy (non-hydrogen) atoms. The van der Waals surface area contributed by atoms with Gasteiger partial charge >= 0.3 is 12.0 Å². The number of methoxy groups -OCH3 is 1. The van der Waals surface area contributed by atoms with Crippen molar-refractivity contribution in [3.63, 3.8) is 0 Å². The number of rotatable bonds is 6. The van der Waals surface area contributed by atoms with Gasteiger partial charge in [-0.15, -0.1) is 0 Å². The Labute approximate surface area is 129 Å². The number of pyridine rings is 1. The van der Waals surface area contributed by atoms with Gasteiger partial charge in [0.15, 0.2) is 0 Å². The van der Waals surface area contributed by atoms with Crippen molar-refractivity contribution >= 4 is 17.8 Å². The molecule has 0 saturated heterocycles. The van der Waals surface area contributed by atoms with Crippen LogP contribution < -0.4 is 16.0 Å². The van der Waals surface area contributed by atoms with E-state index in [1.54, 1.807) is 0 Å². The number of hydrogen-bond acceptors (Lipinski definition) is 5. The van der Waals surface area contributed by atoms with Crippen LogP contribution in [0.3, 0.4) is 0 Å². The lowest BCUT2D eigenvalue weighted by Crippen LogP contribution is -2.37. The Morgan fingerprint density at radius 1 is 1.32 bits per heavy atom. The Morgan fingerprint density at radius 2 is 2.14 bits per heavy atom. The van der Waals surface area contributed by atoms with Gasteiger partial charge in [0.1, 0.15) is 5.82 Å². The molecular weight excluding hydrogens is 284 g/mol. The number of carbonyl (C=O) groups is 2. The third-order valence-electron chi connectivity index (χ3n) is 3.46. The molecule has 0 spiro atoms. The van der Waals surface area contributed by atoms with E-state index < -0.39 is 0 Å². The number of urea groups is 1. The van der Waals surface area contributed by atoms with E-state index in [0.29, 0.717) is 13.0 Å². The van der Waals surface area contributed by atoms with Crippen LogP contribution in [0.5, 0.6) is 0 Å². The molecule has 7 nitrogen and oxygen atoms in total. The summed E-state index contributed by atoms with van der Waals surface area (Å²) in [7, 11) is 1.32. The first-order valence-electron chi connectivity index (χ1n) is 7.50. The zero-order valence-corrected chi connectivity index (χ0v) is 12.8. The fourth-order valence-electron chi connectivity index (χ4n) is 2.25. The number of amides is 2. The van der Waals surface area contributed by atoms with Crippen LogP contribution >= 0.6 is 0 Å². The Kier molecular flexibility index (Phi) is 6.00. The van der Waals surface area contributed by atoms with Gasteiger partial charge in [-0.2, -0.15) is 0 Å². The molecule has 0 aliphatic carbocycles. The van der Waals surface area contributed by atoms with Crippen molar-refractivity contribution in [3.8, 4) is 0 Å². The maximum Gasteiger partial charge on any atom is 0.314 e. The number of nitrogens with one attached hydrogen (secondary N) is 3. The maximum atomic E-state index is 11.5. The van der Waals surface area contributed by atoms with Gasteiger partial charge in [0, 0.05) is 31.7 Å². The molecule has 1 aliphatic heterocycles. The van der Waals surface area contributed by atoms with E-state index in [0.717, 1.165) is 30.9 Å². The number of nitrogens with zero attached hydrogens (tertiary/aromatic N) is 1. The molecule has 1 aliphatic rings. The molecule has 0 radical (unpaired) electrons. The highest BCUT2D eigenvalue weighted by Gasteiger charge is 2.10. The minimum absolute atomic E-state index is 0.169. The number of hydrogen-bond donors (Lipinski definition) is 3. The normalized spacial score (nSPS) is 12.8. The monoisotopic (exact) mass is 306 g/mol. The topological polar surface area (TPSA) is 92.3 Å². The van der Waals surface area contributed by atoms with E-state index in [-0.39, 0.29) is 25.0 Å². The summed E-state index contributed by atoms with van der Waals surface area (Å²) in [6.45, 7) is 1.72. The van der Waals surface area contributed by atoms with Crippen molar-refractivity contribution in [2.45, 2.75) is 25.7 Å². The molecule has 120 valence electrons. The van der Waals surface area contributed by atoms with Gasteiger partial charge in [0.05, 0.1) is 13.5 Å². The predicted molar refractivity (Wildman–Crippen MR) is 82.8 cm³/mol. The minimum Gasteiger partial charge on any atom is -0.469 e. The Bertz CT molecular complexity index is 534. The van der Waals surface area contributed by atoms with Crippen molar-refractivity contribution in [2.24, 2.45) is 0 Å². The van der Waals surface area contributed by atoms with Crippen LogP contribution in [0.2, 0.25) is 0 Å². The summed E-state index contributed by atoms with van der Waals surface area (Å²) in [4.78, 5) is 27.0. The van der Waals surface area contributed by atoms with Gasteiger partial charge in [0.2, 0.25) is 0 Å². The quantitative estimate of drug-likeness (QED) is 0.678. The Hall–Kier alpha value is -2.31. The second kappa shape index (κ2) is 8.21. The third-order valence-corrected chi connectivity index (χ3v) is 3.46. The molecule has 0 fully saturated rings. The van der Waals surface area contributed by atoms with Crippen molar-refractivity contribution < 1.29 is 14.3 Å². The van der Waals surface area contributed by atoms with Crippen molar-refractivity contribution in [1.82, 2.24) is 15.6 Å². The number of ether oxygens (including phenoxy) is 1. The van der Waals surface area contributed by atoms with Gasteiger partial charge in [-0.3, -0.25) is 4.79 Å². The molecule has 3 N–H and O–H groups in total. The molecule has 2 heterocycles. The predicted octanol–water partition coefficient (Wildman–Crippen LogP) is 0.844. The second-order valence-electron chi connectivity index (χ2n) is 5.10.